The first-order chi connectivity index (χ1) is 5.26. The minimum atomic E-state index is 0.415. The average molecular weight is 166 g/mol. The molecule has 0 nitrogen and oxygen atoms in total. The topological polar surface area (TPSA) is 0 Å². The van der Waals surface area contributed by atoms with Gasteiger partial charge in [0.1, 0.15) is 0 Å². The second-order valence-electron chi connectivity index (χ2n) is 5.76. The van der Waals surface area contributed by atoms with Gasteiger partial charge in [-0.3, -0.25) is 0 Å². The van der Waals surface area contributed by atoms with Gasteiger partial charge < -0.3 is 0 Å². The van der Waals surface area contributed by atoms with Crippen LogP contribution in [0, 0.1) is 16.7 Å². The number of rotatable bonds is 0. The third kappa shape index (κ3) is 1.44. The van der Waals surface area contributed by atoms with Crippen molar-refractivity contribution in [3.8, 4) is 0 Å². The Balaban J connectivity index is 2.88. The molecule has 0 N–H and O–H groups in total. The van der Waals surface area contributed by atoms with E-state index in [0.717, 1.165) is 5.92 Å². The average Bonchev–Trinajstić information content (AvgIpc) is 2.06. The van der Waals surface area contributed by atoms with Gasteiger partial charge in [-0.2, -0.15) is 0 Å². The molecule has 1 unspecified atom stereocenters. The maximum atomic E-state index is 2.41. The van der Waals surface area contributed by atoms with E-state index in [1.165, 1.54) is 6.42 Å². The van der Waals surface area contributed by atoms with Crippen LogP contribution in [0.3, 0.4) is 0 Å². The minimum Gasteiger partial charge on any atom is -0.0847 e. The third-order valence-electron chi connectivity index (χ3n) is 3.59. The van der Waals surface area contributed by atoms with Crippen LogP contribution in [0.15, 0.2) is 11.6 Å². The summed E-state index contributed by atoms with van der Waals surface area (Å²) < 4.78 is 0. The summed E-state index contributed by atoms with van der Waals surface area (Å²) in [7, 11) is 0. The summed E-state index contributed by atoms with van der Waals surface area (Å²) in [6, 6.07) is 0. The fourth-order valence-corrected chi connectivity index (χ4v) is 2.56. The van der Waals surface area contributed by atoms with Gasteiger partial charge in [-0.25, -0.2) is 0 Å². The van der Waals surface area contributed by atoms with Crippen LogP contribution in [-0.4, -0.2) is 0 Å². The predicted molar refractivity (Wildman–Crippen MR) is 55.1 cm³/mol. The quantitative estimate of drug-likeness (QED) is 0.477. The lowest BCUT2D eigenvalue weighted by atomic mass is 9.66. The molecular weight excluding hydrogens is 144 g/mol. The second-order valence-corrected chi connectivity index (χ2v) is 5.76. The lowest BCUT2D eigenvalue weighted by Crippen LogP contribution is -2.31. The first-order valence-corrected chi connectivity index (χ1v) is 4.93. The Hall–Kier alpha value is -0.260. The van der Waals surface area contributed by atoms with E-state index in [4.69, 9.17) is 0 Å². The predicted octanol–water partition coefficient (Wildman–Crippen LogP) is 4.02. The van der Waals surface area contributed by atoms with E-state index in [9.17, 15) is 0 Å². The summed E-state index contributed by atoms with van der Waals surface area (Å²) in [6.07, 6.45) is 3.68. The van der Waals surface area contributed by atoms with Crippen LogP contribution in [0.1, 0.15) is 48.0 Å². The summed E-state index contributed by atoms with van der Waals surface area (Å²) in [5, 5.41) is 0. The van der Waals surface area contributed by atoms with Gasteiger partial charge in [0.2, 0.25) is 0 Å². The van der Waals surface area contributed by atoms with E-state index in [1.807, 2.05) is 0 Å². The van der Waals surface area contributed by atoms with Gasteiger partial charge in [0.15, 0.2) is 0 Å². The molecule has 0 aromatic carbocycles. The molecule has 1 rings (SSSR count). The Bertz CT molecular complexity index is 201. The van der Waals surface area contributed by atoms with Gasteiger partial charge in [-0.1, -0.05) is 46.3 Å². The van der Waals surface area contributed by atoms with Crippen LogP contribution < -0.4 is 0 Å². The number of hydrogen-bond acceptors (Lipinski definition) is 0. The molecule has 0 radical (unpaired) electrons. The first kappa shape index (κ1) is 9.83. The largest absolute Gasteiger partial charge is 0.0847 e. The van der Waals surface area contributed by atoms with E-state index in [1.54, 1.807) is 5.57 Å². The fourth-order valence-electron chi connectivity index (χ4n) is 2.56. The van der Waals surface area contributed by atoms with Crippen LogP contribution in [0.5, 0.6) is 0 Å². The fraction of sp³-hybridized carbons (Fsp3) is 0.833. The Morgan fingerprint density at radius 3 is 2.00 bits per heavy atom. The molecule has 0 fully saturated rings. The Kier molecular flexibility index (Phi) is 2.14. The van der Waals surface area contributed by atoms with E-state index >= 15 is 0 Å². The number of allylic oxidation sites excluding steroid dienone is 2. The third-order valence-corrected chi connectivity index (χ3v) is 3.59. The zero-order valence-electron chi connectivity index (χ0n) is 9.36. The van der Waals surface area contributed by atoms with Crippen molar-refractivity contribution in [2.24, 2.45) is 16.7 Å². The van der Waals surface area contributed by atoms with Gasteiger partial charge in [0.05, 0.1) is 0 Å². The molecule has 0 saturated carbocycles. The zero-order valence-corrected chi connectivity index (χ0v) is 9.36. The lowest BCUT2D eigenvalue weighted by Gasteiger charge is -2.39. The maximum Gasteiger partial charge on any atom is -0.0111 e. The Morgan fingerprint density at radius 1 is 1.33 bits per heavy atom. The highest BCUT2D eigenvalue weighted by molar-refractivity contribution is 5.19. The highest BCUT2D eigenvalue weighted by atomic mass is 14.5. The highest BCUT2D eigenvalue weighted by Gasteiger charge is 2.41. The van der Waals surface area contributed by atoms with E-state index < -0.39 is 0 Å². The molecule has 0 bridgehead atoms. The van der Waals surface area contributed by atoms with E-state index in [-0.39, 0.29) is 0 Å². The van der Waals surface area contributed by atoms with Gasteiger partial charge in [0.25, 0.3) is 0 Å². The van der Waals surface area contributed by atoms with Crippen molar-refractivity contribution in [1.29, 1.82) is 0 Å². The molecular formula is C12H22. The smallest absolute Gasteiger partial charge is 0.0111 e. The van der Waals surface area contributed by atoms with Crippen LogP contribution >= 0.6 is 0 Å². The van der Waals surface area contributed by atoms with Crippen LogP contribution in [0.25, 0.3) is 0 Å². The minimum absolute atomic E-state index is 0.415. The van der Waals surface area contributed by atoms with Crippen molar-refractivity contribution in [1.82, 2.24) is 0 Å². The lowest BCUT2D eigenvalue weighted by molar-refractivity contribution is 0.135. The molecule has 0 saturated heterocycles. The molecule has 0 spiro atoms. The molecule has 0 heteroatoms. The van der Waals surface area contributed by atoms with Crippen LogP contribution in [0.4, 0.5) is 0 Å². The molecule has 0 heterocycles. The SMILES string of the molecule is CC1=CCC(C(C)(C)C)C1(C)C. The zero-order chi connectivity index (χ0) is 9.57. The number of hydrogen-bond donors (Lipinski definition) is 0. The molecule has 0 aliphatic heterocycles. The summed E-state index contributed by atoms with van der Waals surface area (Å²) in [4.78, 5) is 0. The summed E-state index contributed by atoms with van der Waals surface area (Å²) >= 11 is 0. The van der Waals surface area contributed by atoms with Crippen molar-refractivity contribution < 1.29 is 0 Å². The molecule has 12 heavy (non-hydrogen) atoms. The van der Waals surface area contributed by atoms with Crippen molar-refractivity contribution in [3.63, 3.8) is 0 Å². The summed E-state index contributed by atoms with van der Waals surface area (Å²) in [5.74, 6) is 0.810. The maximum absolute atomic E-state index is 2.41. The Morgan fingerprint density at radius 2 is 1.83 bits per heavy atom. The monoisotopic (exact) mass is 166 g/mol. The first-order valence-electron chi connectivity index (χ1n) is 4.93. The van der Waals surface area contributed by atoms with Crippen LogP contribution in [0.2, 0.25) is 0 Å². The van der Waals surface area contributed by atoms with Crippen LogP contribution in [-0.2, 0) is 0 Å². The van der Waals surface area contributed by atoms with Crippen molar-refractivity contribution >= 4 is 0 Å². The standard InChI is InChI=1S/C12H22/c1-9-7-8-10(11(2,3)4)12(9,5)6/h7,10H,8H2,1-6H3. The highest BCUT2D eigenvalue weighted by Crippen LogP contribution is 2.50. The van der Waals surface area contributed by atoms with E-state index in [2.05, 4.69) is 47.6 Å². The van der Waals surface area contributed by atoms with Gasteiger partial charge in [-0.15, -0.1) is 0 Å². The molecule has 1 aliphatic carbocycles. The van der Waals surface area contributed by atoms with Gasteiger partial charge in [0, 0.05) is 0 Å². The molecule has 0 amide bonds. The van der Waals surface area contributed by atoms with E-state index in [0.29, 0.717) is 10.8 Å². The summed E-state index contributed by atoms with van der Waals surface area (Å²) in [6.45, 7) is 14.1. The van der Waals surface area contributed by atoms with Gasteiger partial charge in [-0.05, 0) is 30.1 Å². The second kappa shape index (κ2) is 2.61. The molecule has 1 aliphatic rings. The van der Waals surface area contributed by atoms with Crippen molar-refractivity contribution in [2.45, 2.75) is 48.0 Å². The molecule has 0 aromatic rings. The van der Waals surface area contributed by atoms with Crippen molar-refractivity contribution in [2.75, 3.05) is 0 Å². The molecule has 1 atom stereocenters. The normalized spacial score (nSPS) is 28.8. The van der Waals surface area contributed by atoms with Gasteiger partial charge >= 0.3 is 0 Å². The van der Waals surface area contributed by atoms with Crippen molar-refractivity contribution in [3.05, 3.63) is 11.6 Å². The molecule has 70 valence electrons. The Labute approximate surface area is 77.1 Å². The molecule has 0 aromatic heterocycles. The summed E-state index contributed by atoms with van der Waals surface area (Å²) in [5.41, 5.74) is 2.43.